The molecule has 0 bridgehead atoms. The third-order valence-electron chi connectivity index (χ3n) is 2.09. The van der Waals surface area contributed by atoms with Crippen LogP contribution in [0.25, 0.3) is 0 Å². The average Bonchev–Trinajstić information content (AvgIpc) is 2.30. The van der Waals surface area contributed by atoms with E-state index in [0.29, 0.717) is 5.75 Å². The highest BCUT2D eigenvalue weighted by Crippen LogP contribution is 2.31. The highest BCUT2D eigenvalue weighted by atomic mass is 19.1. The maximum Gasteiger partial charge on any atom is 0.311 e. The molecule has 0 aromatic heterocycles. The minimum absolute atomic E-state index is 0.110. The third kappa shape index (κ3) is 2.57. The van der Waals surface area contributed by atoms with Crippen molar-refractivity contribution >= 4 is 5.69 Å². The van der Waals surface area contributed by atoms with Crippen molar-refractivity contribution in [3.63, 3.8) is 0 Å². The molecule has 2 aromatic rings. The van der Waals surface area contributed by atoms with Gasteiger partial charge < -0.3 is 4.74 Å². The largest absolute Gasteiger partial charge is 0.450 e. The van der Waals surface area contributed by atoms with Crippen molar-refractivity contribution in [3.8, 4) is 11.5 Å². The molecule has 0 radical (unpaired) electrons. The smallest absolute Gasteiger partial charge is 0.311 e. The zero-order chi connectivity index (χ0) is 12.3. The van der Waals surface area contributed by atoms with Gasteiger partial charge in [0.2, 0.25) is 5.75 Å². The van der Waals surface area contributed by atoms with Crippen LogP contribution in [-0.2, 0) is 0 Å². The van der Waals surface area contributed by atoms with Crippen LogP contribution in [0, 0.1) is 15.9 Å². The average molecular weight is 233 g/mol. The zero-order valence-electron chi connectivity index (χ0n) is 8.67. The summed E-state index contributed by atoms with van der Waals surface area (Å²) in [4.78, 5) is 10.1. The van der Waals surface area contributed by atoms with Gasteiger partial charge in [0.15, 0.2) is 0 Å². The van der Waals surface area contributed by atoms with E-state index < -0.39 is 10.7 Å². The molecule has 0 N–H and O–H groups in total. The number of hydrogen-bond donors (Lipinski definition) is 0. The van der Waals surface area contributed by atoms with Gasteiger partial charge in [0.05, 0.1) is 4.92 Å². The first kappa shape index (κ1) is 11.1. The fourth-order valence-corrected chi connectivity index (χ4v) is 1.34. The third-order valence-corrected chi connectivity index (χ3v) is 2.09. The Balaban J connectivity index is 2.37. The molecule has 5 heteroatoms. The number of nitro groups is 1. The normalized spacial score (nSPS) is 9.94. The highest BCUT2D eigenvalue weighted by molar-refractivity contribution is 5.48. The molecule has 0 fully saturated rings. The number of ether oxygens (including phenoxy) is 1. The molecule has 0 amide bonds. The molecule has 0 aliphatic carbocycles. The van der Waals surface area contributed by atoms with Gasteiger partial charge in [-0.2, -0.15) is 0 Å². The summed E-state index contributed by atoms with van der Waals surface area (Å²) in [6, 6.07) is 11.6. The lowest BCUT2D eigenvalue weighted by molar-refractivity contribution is -0.385. The molecule has 17 heavy (non-hydrogen) atoms. The standard InChI is InChI=1S/C12H8FNO3/c13-9-6-7-11(14(15)16)12(8-9)17-10-4-2-1-3-5-10/h1-8H. The van der Waals surface area contributed by atoms with Crippen molar-refractivity contribution in [3.05, 3.63) is 64.5 Å². The van der Waals surface area contributed by atoms with Crippen LogP contribution >= 0.6 is 0 Å². The maximum absolute atomic E-state index is 13.0. The summed E-state index contributed by atoms with van der Waals surface area (Å²) >= 11 is 0. The highest BCUT2D eigenvalue weighted by Gasteiger charge is 2.16. The van der Waals surface area contributed by atoms with E-state index in [4.69, 9.17) is 4.74 Å². The van der Waals surface area contributed by atoms with Gasteiger partial charge >= 0.3 is 5.69 Å². The molecule has 86 valence electrons. The SMILES string of the molecule is O=[N+]([O-])c1ccc(F)cc1Oc1ccccc1. The van der Waals surface area contributed by atoms with Crippen molar-refractivity contribution in [1.82, 2.24) is 0 Å². The summed E-state index contributed by atoms with van der Waals surface area (Å²) in [5.74, 6) is -0.274. The fourth-order valence-electron chi connectivity index (χ4n) is 1.34. The Morgan fingerprint density at radius 2 is 1.82 bits per heavy atom. The number of nitro benzene ring substituents is 1. The summed E-state index contributed by atoms with van der Waals surface area (Å²) in [5.41, 5.74) is -0.268. The van der Waals surface area contributed by atoms with Crippen LogP contribution in [0.15, 0.2) is 48.5 Å². The predicted molar refractivity (Wildman–Crippen MR) is 59.6 cm³/mol. The molecule has 0 saturated heterocycles. The second kappa shape index (κ2) is 4.61. The number of para-hydroxylation sites is 1. The zero-order valence-corrected chi connectivity index (χ0v) is 8.67. The Morgan fingerprint density at radius 1 is 1.12 bits per heavy atom. The van der Waals surface area contributed by atoms with E-state index in [2.05, 4.69) is 0 Å². The van der Waals surface area contributed by atoms with Gasteiger partial charge in [-0.05, 0) is 18.2 Å². The quantitative estimate of drug-likeness (QED) is 0.602. The minimum atomic E-state index is -0.613. The van der Waals surface area contributed by atoms with Crippen LogP contribution in [0.2, 0.25) is 0 Å². The molecule has 0 unspecified atom stereocenters. The summed E-state index contributed by atoms with van der Waals surface area (Å²) in [6.45, 7) is 0. The van der Waals surface area contributed by atoms with E-state index in [1.807, 2.05) is 0 Å². The van der Waals surface area contributed by atoms with Gasteiger partial charge in [-0.15, -0.1) is 0 Å². The number of nitrogens with zero attached hydrogens (tertiary/aromatic N) is 1. The molecule has 0 heterocycles. The van der Waals surface area contributed by atoms with E-state index >= 15 is 0 Å². The minimum Gasteiger partial charge on any atom is -0.450 e. The van der Waals surface area contributed by atoms with E-state index in [1.54, 1.807) is 30.3 Å². The first-order valence-electron chi connectivity index (χ1n) is 4.83. The second-order valence-electron chi connectivity index (χ2n) is 3.28. The molecular weight excluding hydrogens is 225 g/mol. The van der Waals surface area contributed by atoms with Gasteiger partial charge in [-0.1, -0.05) is 18.2 Å². The molecule has 0 saturated carbocycles. The number of halogens is 1. The van der Waals surface area contributed by atoms with Crippen LogP contribution in [0.4, 0.5) is 10.1 Å². The van der Waals surface area contributed by atoms with Crippen molar-refractivity contribution < 1.29 is 14.1 Å². The molecule has 2 rings (SSSR count). The Kier molecular flexibility index (Phi) is 3.00. The van der Waals surface area contributed by atoms with Crippen molar-refractivity contribution in [2.75, 3.05) is 0 Å². The Labute approximate surface area is 96.4 Å². The molecular formula is C12H8FNO3. The number of benzene rings is 2. The summed E-state index contributed by atoms with van der Waals surface area (Å²) in [7, 11) is 0. The molecule has 0 aliphatic heterocycles. The van der Waals surface area contributed by atoms with Gasteiger partial charge in [0, 0.05) is 12.1 Å². The van der Waals surface area contributed by atoms with Crippen molar-refractivity contribution in [1.29, 1.82) is 0 Å². The lowest BCUT2D eigenvalue weighted by Crippen LogP contribution is -1.94. The lowest BCUT2D eigenvalue weighted by Gasteiger charge is -2.05. The predicted octanol–water partition coefficient (Wildman–Crippen LogP) is 3.53. The van der Waals surface area contributed by atoms with Crippen molar-refractivity contribution in [2.45, 2.75) is 0 Å². The maximum atomic E-state index is 13.0. The van der Waals surface area contributed by atoms with E-state index in [1.165, 1.54) is 0 Å². The Hall–Kier alpha value is -2.43. The number of hydrogen-bond acceptors (Lipinski definition) is 3. The van der Waals surface area contributed by atoms with E-state index in [-0.39, 0.29) is 11.4 Å². The summed E-state index contributed by atoms with van der Waals surface area (Å²) < 4.78 is 18.3. The van der Waals surface area contributed by atoms with Crippen molar-refractivity contribution in [2.24, 2.45) is 0 Å². The van der Waals surface area contributed by atoms with E-state index in [9.17, 15) is 14.5 Å². The molecule has 0 aliphatic rings. The first-order chi connectivity index (χ1) is 8.16. The summed E-state index contributed by atoms with van der Waals surface area (Å²) in [6.07, 6.45) is 0. The molecule has 2 aromatic carbocycles. The van der Waals surface area contributed by atoms with E-state index in [0.717, 1.165) is 18.2 Å². The van der Waals surface area contributed by atoms with Crippen LogP contribution < -0.4 is 4.74 Å². The topological polar surface area (TPSA) is 52.4 Å². The van der Waals surface area contributed by atoms with Crippen LogP contribution in [0.5, 0.6) is 11.5 Å². The molecule has 0 atom stereocenters. The lowest BCUT2D eigenvalue weighted by atomic mass is 10.3. The Bertz CT molecular complexity index is 543. The monoisotopic (exact) mass is 233 g/mol. The number of rotatable bonds is 3. The van der Waals surface area contributed by atoms with Crippen LogP contribution in [0.3, 0.4) is 0 Å². The van der Waals surface area contributed by atoms with Crippen LogP contribution in [0.1, 0.15) is 0 Å². The van der Waals surface area contributed by atoms with Gasteiger partial charge in [0.25, 0.3) is 0 Å². The second-order valence-corrected chi connectivity index (χ2v) is 3.28. The summed E-state index contributed by atoms with van der Waals surface area (Å²) in [5, 5.41) is 10.7. The molecule has 4 nitrogen and oxygen atoms in total. The Morgan fingerprint density at radius 3 is 2.47 bits per heavy atom. The van der Waals surface area contributed by atoms with Crippen LogP contribution in [-0.4, -0.2) is 4.92 Å². The van der Waals surface area contributed by atoms with Gasteiger partial charge in [0.1, 0.15) is 11.6 Å². The van der Waals surface area contributed by atoms with Gasteiger partial charge in [-0.25, -0.2) is 4.39 Å². The molecule has 0 spiro atoms. The first-order valence-corrected chi connectivity index (χ1v) is 4.83. The van der Waals surface area contributed by atoms with Gasteiger partial charge in [-0.3, -0.25) is 10.1 Å². The fraction of sp³-hybridized carbons (Fsp3) is 0.